The molecule has 0 N–H and O–H groups in total. The van der Waals surface area contributed by atoms with Crippen molar-refractivity contribution in [3.8, 4) is 23.0 Å². The van der Waals surface area contributed by atoms with E-state index in [4.69, 9.17) is 48.0 Å². The predicted molar refractivity (Wildman–Crippen MR) is 262 cm³/mol. The monoisotopic (exact) mass is 977 g/mol. The van der Waals surface area contributed by atoms with Crippen LogP contribution in [0, 0.1) is 0 Å². The maximum absolute atomic E-state index is 14.0. The van der Waals surface area contributed by atoms with Gasteiger partial charge in [0, 0.05) is 61.6 Å². The van der Waals surface area contributed by atoms with Crippen LogP contribution in [0.4, 0.5) is 22.7 Å². The number of carbonyl (C=O) groups is 5. The summed E-state index contributed by atoms with van der Waals surface area (Å²) in [7, 11) is 1.53. The highest BCUT2D eigenvalue weighted by molar-refractivity contribution is 6.15. The van der Waals surface area contributed by atoms with Crippen molar-refractivity contribution >= 4 is 64.8 Å². The van der Waals surface area contributed by atoms with E-state index in [-0.39, 0.29) is 89.4 Å². The first-order chi connectivity index (χ1) is 35.2. The molecule has 5 aliphatic rings. The van der Waals surface area contributed by atoms with E-state index in [0.717, 1.165) is 33.6 Å². The molecule has 18 nitrogen and oxygen atoms in total. The summed E-state index contributed by atoms with van der Waals surface area (Å²) in [6, 6.07) is 29.9. The molecule has 0 bridgehead atoms. The molecule has 0 spiro atoms. The van der Waals surface area contributed by atoms with E-state index in [9.17, 15) is 24.0 Å². The first-order valence-electron chi connectivity index (χ1n) is 23.8. The zero-order valence-corrected chi connectivity index (χ0v) is 39.5. The number of carbonyl (C=O) groups excluding carboxylic acids is 5. The normalized spacial score (nSPS) is 17.2. The summed E-state index contributed by atoms with van der Waals surface area (Å²) >= 11 is 0. The molecule has 5 aromatic carbocycles. The molecule has 0 unspecified atom stereocenters. The summed E-state index contributed by atoms with van der Waals surface area (Å²) in [5.74, 6) is -0.178. The molecule has 370 valence electrons. The number of nitrogens with zero attached hydrogens (tertiary/aromatic N) is 5. The number of para-hydroxylation sites is 2. The van der Waals surface area contributed by atoms with Crippen LogP contribution in [-0.4, -0.2) is 113 Å². The number of imide groups is 1. The van der Waals surface area contributed by atoms with Gasteiger partial charge < -0.3 is 38.0 Å². The average molecular weight is 978 g/mol. The van der Waals surface area contributed by atoms with Gasteiger partial charge in [-0.05, 0) is 70.8 Å². The van der Waals surface area contributed by atoms with Gasteiger partial charge in [0.2, 0.25) is 0 Å². The van der Waals surface area contributed by atoms with Crippen molar-refractivity contribution in [2.45, 2.75) is 57.4 Å². The molecule has 72 heavy (non-hydrogen) atoms. The van der Waals surface area contributed by atoms with Gasteiger partial charge in [-0.25, -0.2) is 4.79 Å². The molecule has 4 amide bonds. The second-order valence-electron chi connectivity index (χ2n) is 17.4. The molecule has 5 aliphatic heterocycles. The Balaban J connectivity index is 0.758. The fourth-order valence-electron chi connectivity index (χ4n) is 9.19. The Morgan fingerprint density at radius 1 is 0.569 bits per heavy atom. The van der Waals surface area contributed by atoms with Crippen LogP contribution in [0.15, 0.2) is 107 Å². The minimum absolute atomic E-state index is 0.0304. The first kappa shape index (κ1) is 47.7. The third kappa shape index (κ3) is 10.4. The molecule has 5 heterocycles. The Bertz CT molecular complexity index is 2960. The van der Waals surface area contributed by atoms with Crippen molar-refractivity contribution in [2.75, 3.05) is 63.2 Å². The molecule has 1 saturated heterocycles. The number of amides is 4. The smallest absolute Gasteiger partial charge is 0.335 e. The largest absolute Gasteiger partial charge is 0.493 e. The fourth-order valence-corrected chi connectivity index (χ4v) is 9.19. The highest BCUT2D eigenvalue weighted by Gasteiger charge is 2.38. The Kier molecular flexibility index (Phi) is 14.3. The van der Waals surface area contributed by atoms with E-state index >= 15 is 0 Å². The number of methoxy groups -OCH3 is 1. The van der Waals surface area contributed by atoms with Crippen LogP contribution in [0.5, 0.6) is 23.0 Å². The summed E-state index contributed by atoms with van der Waals surface area (Å²) in [5.41, 5.74) is 7.47. The molecule has 0 radical (unpaired) electrons. The van der Waals surface area contributed by atoms with Crippen molar-refractivity contribution in [3.05, 3.63) is 130 Å². The van der Waals surface area contributed by atoms with E-state index < -0.39 is 17.8 Å². The average Bonchev–Trinajstić information content (AvgIpc) is 4.01. The lowest BCUT2D eigenvalue weighted by atomic mass is 10.1. The zero-order chi connectivity index (χ0) is 49.6. The molecular weight excluding hydrogens is 927 g/mol. The van der Waals surface area contributed by atoms with Crippen molar-refractivity contribution in [3.63, 3.8) is 0 Å². The number of anilines is 2. The molecular formula is C54H51N5O13. The standard InChI is InChI=1S/C54H51N5O13/c1-65-48-28-43-45(56-31-39-26-37-7-3-5-9-47(37)58(39)54(43)64)29-49(48)71-33-35-22-34(32-70-40-10-11-42-44(27-40)55-30-38-25-36-6-2-4-8-46(36)57(38)53(42)63)23-41(24-35)69-21-20-68-19-18-67-17-16-66-15-14-52(62)72-59-50(60)12-13-51(59)61/h2-11,22-24,27-31,38-39H,12-21,25-26,32-33H2,1H3/t38-,39-/m0/s1. The predicted octanol–water partition coefficient (Wildman–Crippen LogP) is 6.85. The summed E-state index contributed by atoms with van der Waals surface area (Å²) in [5, 5.41) is 0.511. The van der Waals surface area contributed by atoms with E-state index in [1.165, 1.54) is 7.11 Å². The van der Waals surface area contributed by atoms with Gasteiger partial charge in [0.15, 0.2) is 11.5 Å². The highest BCUT2D eigenvalue weighted by Crippen LogP contribution is 2.42. The van der Waals surface area contributed by atoms with Gasteiger partial charge in [-0.15, -0.1) is 5.06 Å². The quantitative estimate of drug-likeness (QED) is 0.0548. The number of rotatable bonds is 21. The van der Waals surface area contributed by atoms with Crippen molar-refractivity contribution in [2.24, 2.45) is 9.98 Å². The summed E-state index contributed by atoms with van der Waals surface area (Å²) in [4.78, 5) is 80.9. The maximum Gasteiger partial charge on any atom is 0.335 e. The topological polar surface area (TPSA) is 194 Å². The summed E-state index contributed by atoms with van der Waals surface area (Å²) < 4.78 is 41.4. The van der Waals surface area contributed by atoms with Gasteiger partial charge in [0.25, 0.3) is 23.6 Å². The summed E-state index contributed by atoms with van der Waals surface area (Å²) in [6.45, 7) is 1.89. The van der Waals surface area contributed by atoms with Crippen LogP contribution in [0.1, 0.15) is 62.2 Å². The third-order valence-corrected chi connectivity index (χ3v) is 12.7. The van der Waals surface area contributed by atoms with Gasteiger partial charge >= 0.3 is 5.97 Å². The van der Waals surface area contributed by atoms with E-state index in [1.54, 1.807) is 35.2 Å². The van der Waals surface area contributed by atoms with Crippen LogP contribution in [-0.2, 0) is 59.5 Å². The van der Waals surface area contributed by atoms with Gasteiger partial charge in [-0.1, -0.05) is 36.4 Å². The number of hydrogen-bond acceptors (Lipinski definition) is 15. The second-order valence-corrected chi connectivity index (χ2v) is 17.4. The molecule has 2 atom stereocenters. The van der Waals surface area contributed by atoms with Crippen LogP contribution >= 0.6 is 0 Å². The zero-order valence-electron chi connectivity index (χ0n) is 39.5. The number of fused-ring (bicyclic) bond motifs is 8. The van der Waals surface area contributed by atoms with Gasteiger partial charge in [-0.3, -0.25) is 39.0 Å². The molecule has 18 heteroatoms. The number of aliphatic imine (C=N–C) groups is 2. The number of hydrogen-bond donors (Lipinski definition) is 0. The lowest BCUT2D eigenvalue weighted by Crippen LogP contribution is -2.37. The van der Waals surface area contributed by atoms with Gasteiger partial charge in [-0.2, -0.15) is 0 Å². The van der Waals surface area contributed by atoms with Crippen LogP contribution in [0.25, 0.3) is 0 Å². The molecule has 1 fully saturated rings. The van der Waals surface area contributed by atoms with Crippen LogP contribution in [0.3, 0.4) is 0 Å². The number of hydroxylamine groups is 2. The fraction of sp³-hybridized carbons (Fsp3) is 0.315. The minimum atomic E-state index is -0.729. The van der Waals surface area contributed by atoms with Gasteiger partial charge in [0.1, 0.15) is 31.3 Å². The van der Waals surface area contributed by atoms with Crippen molar-refractivity contribution in [1.29, 1.82) is 0 Å². The Morgan fingerprint density at radius 2 is 1.14 bits per heavy atom. The van der Waals surface area contributed by atoms with E-state index in [2.05, 4.69) is 0 Å². The second kappa shape index (κ2) is 21.6. The number of ether oxygens (including phenoxy) is 7. The first-order valence-corrected chi connectivity index (χ1v) is 23.8. The lowest BCUT2D eigenvalue weighted by molar-refractivity contribution is -0.198. The highest BCUT2D eigenvalue weighted by atomic mass is 16.7. The Labute approximate surface area is 414 Å². The molecule has 0 aromatic heterocycles. The minimum Gasteiger partial charge on any atom is -0.493 e. The third-order valence-electron chi connectivity index (χ3n) is 12.7. The molecule has 0 aliphatic carbocycles. The summed E-state index contributed by atoms with van der Waals surface area (Å²) in [6.07, 6.45) is 4.97. The van der Waals surface area contributed by atoms with Gasteiger partial charge in [0.05, 0.1) is 87.8 Å². The van der Waals surface area contributed by atoms with E-state index in [0.29, 0.717) is 76.6 Å². The van der Waals surface area contributed by atoms with Crippen molar-refractivity contribution < 1.29 is 62.0 Å². The Morgan fingerprint density at radius 3 is 1.78 bits per heavy atom. The van der Waals surface area contributed by atoms with Crippen LogP contribution in [0.2, 0.25) is 0 Å². The van der Waals surface area contributed by atoms with E-state index in [1.807, 2.05) is 84.1 Å². The van der Waals surface area contributed by atoms with Crippen molar-refractivity contribution in [1.82, 2.24) is 5.06 Å². The maximum atomic E-state index is 14.0. The SMILES string of the molecule is COc1cc2c(cc1OCc1cc(COc3ccc4c(c3)N=C[C@@H]3Cc5ccccc5N3C4=O)cc(OCCOCCOCCOCCC(=O)ON3C(=O)CCC3=O)c1)N=C[C@@H]1Cc3ccccc3N1C2=O. The molecule has 10 rings (SSSR count). The lowest BCUT2D eigenvalue weighted by Gasteiger charge is -2.22. The molecule has 5 aromatic rings. The molecule has 0 saturated carbocycles. The van der Waals surface area contributed by atoms with Crippen LogP contribution < -0.4 is 28.7 Å². The Hall–Kier alpha value is -7.93. The number of benzene rings is 5.